The predicted octanol–water partition coefficient (Wildman–Crippen LogP) is 0.0377. The molecule has 0 radical (unpaired) electrons. The first-order chi connectivity index (χ1) is 8.11. The second-order valence-corrected chi connectivity index (χ2v) is 3.69. The molecule has 0 spiro atoms. The molecule has 0 saturated carbocycles. The molecule has 0 aliphatic rings. The van der Waals surface area contributed by atoms with E-state index in [0.29, 0.717) is 13.0 Å². The van der Waals surface area contributed by atoms with Gasteiger partial charge in [0.25, 0.3) is 0 Å². The van der Waals surface area contributed by atoms with E-state index in [0.717, 1.165) is 0 Å². The summed E-state index contributed by atoms with van der Waals surface area (Å²) in [5.74, 6) is -1.08. The first-order valence-electron chi connectivity index (χ1n) is 5.47. The molecule has 17 heavy (non-hydrogen) atoms. The van der Waals surface area contributed by atoms with Crippen LogP contribution in [-0.4, -0.2) is 38.0 Å². The standard InChI is InChI=1S/C10H16N4O3/c1-2-8(7-10(16)17)12-9(15)3-5-14-6-4-11-13-14/h4,6,8H,2-3,5,7H2,1H3,(H,12,15)(H,16,17). The van der Waals surface area contributed by atoms with Crippen LogP contribution >= 0.6 is 0 Å². The van der Waals surface area contributed by atoms with Crippen LogP contribution < -0.4 is 5.32 Å². The molecule has 1 heterocycles. The number of amides is 1. The molecule has 1 aromatic rings. The van der Waals surface area contributed by atoms with Gasteiger partial charge in [-0.1, -0.05) is 12.1 Å². The summed E-state index contributed by atoms with van der Waals surface area (Å²) in [6.45, 7) is 2.28. The summed E-state index contributed by atoms with van der Waals surface area (Å²) in [5, 5.41) is 18.7. The molecule has 0 aliphatic heterocycles. The van der Waals surface area contributed by atoms with Crippen LogP contribution in [0.3, 0.4) is 0 Å². The highest BCUT2D eigenvalue weighted by atomic mass is 16.4. The quantitative estimate of drug-likeness (QED) is 0.701. The Hall–Kier alpha value is -1.92. The second kappa shape index (κ2) is 6.62. The van der Waals surface area contributed by atoms with Crippen LogP contribution in [0.5, 0.6) is 0 Å². The van der Waals surface area contributed by atoms with Crippen molar-refractivity contribution in [2.75, 3.05) is 0 Å². The Kier molecular flexibility index (Phi) is 5.12. The Morgan fingerprint density at radius 2 is 2.29 bits per heavy atom. The maximum absolute atomic E-state index is 11.5. The third kappa shape index (κ3) is 5.10. The van der Waals surface area contributed by atoms with E-state index in [4.69, 9.17) is 5.11 Å². The van der Waals surface area contributed by atoms with Gasteiger partial charge in [-0.25, -0.2) is 0 Å². The number of nitrogens with one attached hydrogen (secondary N) is 1. The molecule has 1 atom stereocenters. The highest BCUT2D eigenvalue weighted by Gasteiger charge is 2.13. The minimum atomic E-state index is -0.909. The Balaban J connectivity index is 2.30. The summed E-state index contributed by atoms with van der Waals surface area (Å²) in [6, 6.07) is -0.309. The number of aliphatic carboxylic acids is 1. The van der Waals surface area contributed by atoms with Crippen LogP contribution in [0.25, 0.3) is 0 Å². The monoisotopic (exact) mass is 240 g/mol. The fraction of sp³-hybridized carbons (Fsp3) is 0.600. The average molecular weight is 240 g/mol. The van der Waals surface area contributed by atoms with Gasteiger partial charge in [-0.2, -0.15) is 0 Å². The van der Waals surface area contributed by atoms with Crippen molar-refractivity contribution in [1.82, 2.24) is 20.3 Å². The second-order valence-electron chi connectivity index (χ2n) is 3.69. The van der Waals surface area contributed by atoms with Gasteiger partial charge in [-0.05, 0) is 6.42 Å². The molecule has 0 aliphatic carbocycles. The normalized spacial score (nSPS) is 12.1. The van der Waals surface area contributed by atoms with E-state index in [1.54, 1.807) is 10.9 Å². The average Bonchev–Trinajstić information content (AvgIpc) is 2.77. The van der Waals surface area contributed by atoms with Gasteiger partial charge in [0, 0.05) is 18.7 Å². The van der Waals surface area contributed by atoms with Crippen LogP contribution in [0.4, 0.5) is 0 Å². The SMILES string of the molecule is CCC(CC(=O)O)NC(=O)CCn1ccnn1. The van der Waals surface area contributed by atoms with Crippen molar-refractivity contribution in [1.29, 1.82) is 0 Å². The van der Waals surface area contributed by atoms with E-state index in [2.05, 4.69) is 15.6 Å². The number of hydrogen-bond acceptors (Lipinski definition) is 4. The first kappa shape index (κ1) is 13.1. The molecule has 1 rings (SSSR count). The Labute approximate surface area is 98.8 Å². The highest BCUT2D eigenvalue weighted by molar-refractivity contribution is 5.77. The van der Waals surface area contributed by atoms with Crippen molar-refractivity contribution in [3.63, 3.8) is 0 Å². The minimum absolute atomic E-state index is 0.0500. The molecule has 1 aromatic heterocycles. The molecule has 0 saturated heterocycles. The molecule has 0 fully saturated rings. The number of rotatable bonds is 7. The molecule has 1 amide bonds. The molecule has 0 aromatic carbocycles. The van der Waals surface area contributed by atoms with Gasteiger partial charge in [0.1, 0.15) is 0 Å². The summed E-state index contributed by atoms with van der Waals surface area (Å²) in [5.41, 5.74) is 0. The van der Waals surface area contributed by atoms with Crippen molar-refractivity contribution in [2.45, 2.75) is 38.8 Å². The van der Waals surface area contributed by atoms with Crippen LogP contribution in [0.2, 0.25) is 0 Å². The van der Waals surface area contributed by atoms with Crippen molar-refractivity contribution in [2.24, 2.45) is 0 Å². The van der Waals surface area contributed by atoms with Crippen molar-refractivity contribution in [3.8, 4) is 0 Å². The third-order valence-corrected chi connectivity index (χ3v) is 2.32. The van der Waals surface area contributed by atoms with Crippen LogP contribution in [0.1, 0.15) is 26.2 Å². The topological polar surface area (TPSA) is 97.1 Å². The number of hydrogen-bond donors (Lipinski definition) is 2. The van der Waals surface area contributed by atoms with Crippen molar-refractivity contribution >= 4 is 11.9 Å². The lowest BCUT2D eigenvalue weighted by Crippen LogP contribution is -2.36. The van der Waals surface area contributed by atoms with Crippen molar-refractivity contribution < 1.29 is 14.7 Å². The zero-order valence-corrected chi connectivity index (χ0v) is 9.67. The largest absolute Gasteiger partial charge is 0.481 e. The fourth-order valence-corrected chi connectivity index (χ4v) is 1.38. The molecule has 2 N–H and O–H groups in total. The highest BCUT2D eigenvalue weighted by Crippen LogP contribution is 1.98. The predicted molar refractivity (Wildman–Crippen MR) is 59.1 cm³/mol. The summed E-state index contributed by atoms with van der Waals surface area (Å²) < 4.78 is 1.55. The minimum Gasteiger partial charge on any atom is -0.481 e. The Morgan fingerprint density at radius 3 is 2.82 bits per heavy atom. The first-order valence-corrected chi connectivity index (χ1v) is 5.47. The maximum atomic E-state index is 11.5. The molecule has 94 valence electrons. The molecular formula is C10H16N4O3. The Bertz CT molecular complexity index is 364. The lowest BCUT2D eigenvalue weighted by atomic mass is 10.1. The van der Waals surface area contributed by atoms with E-state index < -0.39 is 5.97 Å². The summed E-state index contributed by atoms with van der Waals surface area (Å²) in [7, 11) is 0. The zero-order valence-electron chi connectivity index (χ0n) is 9.67. The molecule has 0 bridgehead atoms. The van der Waals surface area contributed by atoms with E-state index in [9.17, 15) is 9.59 Å². The lowest BCUT2D eigenvalue weighted by Gasteiger charge is -2.14. The lowest BCUT2D eigenvalue weighted by molar-refractivity contribution is -0.137. The third-order valence-electron chi connectivity index (χ3n) is 2.32. The molecular weight excluding hydrogens is 224 g/mol. The molecule has 1 unspecified atom stereocenters. The zero-order chi connectivity index (χ0) is 12.7. The molecule has 7 heteroatoms. The number of carboxylic acid groups (broad SMARTS) is 1. The number of aryl methyl sites for hydroxylation is 1. The number of aromatic nitrogens is 3. The van der Waals surface area contributed by atoms with Crippen molar-refractivity contribution in [3.05, 3.63) is 12.4 Å². The maximum Gasteiger partial charge on any atom is 0.305 e. The number of carboxylic acids is 1. The van der Waals surface area contributed by atoms with Crippen LogP contribution in [0, 0.1) is 0 Å². The number of carbonyl (C=O) groups excluding carboxylic acids is 1. The van der Waals surface area contributed by atoms with E-state index >= 15 is 0 Å². The summed E-state index contributed by atoms with van der Waals surface area (Å²) >= 11 is 0. The molecule has 7 nitrogen and oxygen atoms in total. The fourth-order valence-electron chi connectivity index (χ4n) is 1.38. The van der Waals surface area contributed by atoms with Gasteiger partial charge in [-0.3, -0.25) is 14.3 Å². The van der Waals surface area contributed by atoms with E-state index in [-0.39, 0.29) is 24.8 Å². The van der Waals surface area contributed by atoms with Gasteiger partial charge in [-0.15, -0.1) is 5.10 Å². The van der Waals surface area contributed by atoms with E-state index in [1.807, 2.05) is 6.92 Å². The van der Waals surface area contributed by atoms with Gasteiger partial charge in [0.05, 0.1) is 19.2 Å². The van der Waals surface area contributed by atoms with Crippen LogP contribution in [0.15, 0.2) is 12.4 Å². The van der Waals surface area contributed by atoms with E-state index in [1.165, 1.54) is 6.20 Å². The van der Waals surface area contributed by atoms with Gasteiger partial charge >= 0.3 is 5.97 Å². The van der Waals surface area contributed by atoms with Gasteiger partial charge in [0.2, 0.25) is 5.91 Å². The number of nitrogens with zero attached hydrogens (tertiary/aromatic N) is 3. The Morgan fingerprint density at radius 1 is 1.53 bits per heavy atom. The van der Waals surface area contributed by atoms with Gasteiger partial charge in [0.15, 0.2) is 0 Å². The smallest absolute Gasteiger partial charge is 0.305 e. The summed E-state index contributed by atoms with van der Waals surface area (Å²) in [6.07, 6.45) is 4.02. The number of carbonyl (C=O) groups is 2. The summed E-state index contributed by atoms with van der Waals surface area (Å²) in [4.78, 5) is 22.0. The van der Waals surface area contributed by atoms with Crippen LogP contribution in [-0.2, 0) is 16.1 Å². The van der Waals surface area contributed by atoms with Gasteiger partial charge < -0.3 is 10.4 Å².